The summed E-state index contributed by atoms with van der Waals surface area (Å²) >= 11 is 3.30. The van der Waals surface area contributed by atoms with E-state index in [2.05, 4.69) is 20.7 Å². The maximum Gasteiger partial charge on any atom is 0.241 e. The molecule has 1 unspecified atom stereocenters. The van der Waals surface area contributed by atoms with Gasteiger partial charge in [0.15, 0.2) is 0 Å². The Labute approximate surface area is 127 Å². The molecule has 1 aliphatic heterocycles. The standard InChI is InChI=1S/C13H18BrNO4S/c1-13(6-3-7-19-9-13)15-20(16,17)10-4-5-12(18-2)11(14)8-10/h4-5,8,15H,3,6-7,9H2,1-2H3. The molecule has 0 amide bonds. The Balaban J connectivity index is 2.24. The van der Waals surface area contributed by atoms with Gasteiger partial charge in [-0.05, 0) is 53.9 Å². The van der Waals surface area contributed by atoms with E-state index in [9.17, 15) is 8.42 Å². The summed E-state index contributed by atoms with van der Waals surface area (Å²) < 4.78 is 38.7. The van der Waals surface area contributed by atoms with E-state index in [0.717, 1.165) is 12.8 Å². The summed E-state index contributed by atoms with van der Waals surface area (Å²) in [5.74, 6) is 0.594. The largest absolute Gasteiger partial charge is 0.496 e. The minimum absolute atomic E-state index is 0.206. The van der Waals surface area contributed by atoms with Crippen LogP contribution in [-0.4, -0.2) is 34.3 Å². The SMILES string of the molecule is COc1ccc(S(=O)(=O)NC2(C)CCCOC2)cc1Br. The second-order valence-corrected chi connectivity index (χ2v) is 7.66. The van der Waals surface area contributed by atoms with E-state index in [0.29, 0.717) is 23.4 Å². The Morgan fingerprint density at radius 2 is 2.20 bits per heavy atom. The Bertz CT molecular complexity index is 582. The average molecular weight is 364 g/mol. The molecular formula is C13H18BrNO4S. The summed E-state index contributed by atoms with van der Waals surface area (Å²) in [6.07, 6.45) is 1.62. The summed E-state index contributed by atoms with van der Waals surface area (Å²) in [5, 5.41) is 0. The van der Waals surface area contributed by atoms with E-state index in [1.807, 2.05) is 6.92 Å². The first-order valence-corrected chi connectivity index (χ1v) is 8.59. The highest BCUT2D eigenvalue weighted by molar-refractivity contribution is 9.10. The summed E-state index contributed by atoms with van der Waals surface area (Å²) in [4.78, 5) is 0.206. The third kappa shape index (κ3) is 3.52. The molecule has 1 saturated heterocycles. The van der Waals surface area contributed by atoms with Crippen molar-refractivity contribution >= 4 is 26.0 Å². The normalized spacial score (nSPS) is 23.6. The van der Waals surface area contributed by atoms with Gasteiger partial charge in [0.25, 0.3) is 0 Å². The van der Waals surface area contributed by atoms with Gasteiger partial charge in [-0.1, -0.05) is 0 Å². The van der Waals surface area contributed by atoms with Crippen molar-refractivity contribution in [2.75, 3.05) is 20.3 Å². The van der Waals surface area contributed by atoms with Crippen molar-refractivity contribution in [3.05, 3.63) is 22.7 Å². The van der Waals surface area contributed by atoms with E-state index < -0.39 is 15.6 Å². The summed E-state index contributed by atoms with van der Waals surface area (Å²) in [6, 6.07) is 4.69. The van der Waals surface area contributed by atoms with Gasteiger partial charge in [0, 0.05) is 6.61 Å². The topological polar surface area (TPSA) is 64.6 Å². The second-order valence-electron chi connectivity index (χ2n) is 5.12. The third-order valence-electron chi connectivity index (χ3n) is 3.25. The van der Waals surface area contributed by atoms with Gasteiger partial charge in [0.2, 0.25) is 10.0 Å². The van der Waals surface area contributed by atoms with Crippen molar-refractivity contribution in [2.45, 2.75) is 30.2 Å². The molecule has 1 N–H and O–H groups in total. The van der Waals surface area contributed by atoms with Crippen LogP contribution in [0.2, 0.25) is 0 Å². The van der Waals surface area contributed by atoms with Gasteiger partial charge in [0.05, 0.1) is 28.6 Å². The number of halogens is 1. The number of methoxy groups -OCH3 is 1. The van der Waals surface area contributed by atoms with Crippen LogP contribution in [0, 0.1) is 0 Å². The van der Waals surface area contributed by atoms with Crippen molar-refractivity contribution in [1.82, 2.24) is 4.72 Å². The molecule has 112 valence electrons. The molecule has 1 fully saturated rings. The van der Waals surface area contributed by atoms with Gasteiger partial charge >= 0.3 is 0 Å². The molecule has 1 aromatic rings. The van der Waals surface area contributed by atoms with Crippen molar-refractivity contribution < 1.29 is 17.9 Å². The first kappa shape index (κ1) is 15.8. The zero-order valence-electron chi connectivity index (χ0n) is 11.5. The molecular weight excluding hydrogens is 346 g/mol. The third-order valence-corrected chi connectivity index (χ3v) is 5.51. The summed E-state index contributed by atoms with van der Waals surface area (Å²) in [6.45, 7) is 2.94. The molecule has 1 aromatic carbocycles. The van der Waals surface area contributed by atoms with E-state index in [1.165, 1.54) is 19.2 Å². The van der Waals surface area contributed by atoms with Crippen LogP contribution in [0.5, 0.6) is 5.75 Å². The van der Waals surface area contributed by atoms with Crippen LogP contribution < -0.4 is 9.46 Å². The van der Waals surface area contributed by atoms with Gasteiger partial charge < -0.3 is 9.47 Å². The molecule has 5 nitrogen and oxygen atoms in total. The van der Waals surface area contributed by atoms with Crippen molar-refractivity contribution in [1.29, 1.82) is 0 Å². The van der Waals surface area contributed by atoms with Crippen LogP contribution in [-0.2, 0) is 14.8 Å². The molecule has 0 bridgehead atoms. The number of ether oxygens (including phenoxy) is 2. The minimum Gasteiger partial charge on any atom is -0.496 e. The Morgan fingerprint density at radius 3 is 2.75 bits per heavy atom. The molecule has 1 heterocycles. The van der Waals surface area contributed by atoms with Crippen molar-refractivity contribution in [2.24, 2.45) is 0 Å². The molecule has 0 saturated carbocycles. The van der Waals surface area contributed by atoms with E-state index >= 15 is 0 Å². The molecule has 0 radical (unpaired) electrons. The second kappa shape index (κ2) is 6.01. The van der Waals surface area contributed by atoms with Crippen LogP contribution in [0.25, 0.3) is 0 Å². The van der Waals surface area contributed by atoms with Crippen LogP contribution >= 0.6 is 15.9 Å². The monoisotopic (exact) mass is 363 g/mol. The highest BCUT2D eigenvalue weighted by atomic mass is 79.9. The molecule has 20 heavy (non-hydrogen) atoms. The van der Waals surface area contributed by atoms with E-state index in [1.54, 1.807) is 6.07 Å². The molecule has 0 spiro atoms. The molecule has 0 aromatic heterocycles. The van der Waals surface area contributed by atoms with Gasteiger partial charge in [-0.25, -0.2) is 13.1 Å². The minimum atomic E-state index is -3.58. The number of sulfonamides is 1. The summed E-state index contributed by atoms with van der Waals surface area (Å²) in [5.41, 5.74) is -0.552. The first-order chi connectivity index (χ1) is 9.36. The first-order valence-electron chi connectivity index (χ1n) is 6.32. The molecule has 1 atom stereocenters. The maximum absolute atomic E-state index is 12.4. The lowest BCUT2D eigenvalue weighted by atomic mass is 9.97. The number of nitrogens with one attached hydrogen (secondary N) is 1. The number of benzene rings is 1. The molecule has 7 heteroatoms. The maximum atomic E-state index is 12.4. The van der Waals surface area contributed by atoms with Crippen molar-refractivity contribution in [3.8, 4) is 5.75 Å². The van der Waals surface area contributed by atoms with Crippen molar-refractivity contribution in [3.63, 3.8) is 0 Å². The number of hydrogen-bond donors (Lipinski definition) is 1. The predicted octanol–water partition coefficient (Wildman–Crippen LogP) is 2.31. The molecule has 0 aliphatic carbocycles. The van der Waals surface area contributed by atoms with E-state index in [-0.39, 0.29) is 4.90 Å². The molecule has 1 aliphatic rings. The quantitative estimate of drug-likeness (QED) is 0.891. The van der Waals surface area contributed by atoms with Crippen LogP contribution in [0.3, 0.4) is 0 Å². The fraction of sp³-hybridized carbons (Fsp3) is 0.538. The fourth-order valence-corrected chi connectivity index (χ4v) is 4.35. The zero-order valence-corrected chi connectivity index (χ0v) is 13.9. The van der Waals surface area contributed by atoms with Gasteiger partial charge in [-0.15, -0.1) is 0 Å². The Hall–Kier alpha value is -0.630. The van der Waals surface area contributed by atoms with Crippen LogP contribution in [0.1, 0.15) is 19.8 Å². The van der Waals surface area contributed by atoms with Crippen LogP contribution in [0.15, 0.2) is 27.6 Å². The predicted molar refractivity (Wildman–Crippen MR) is 79.5 cm³/mol. The van der Waals surface area contributed by atoms with Gasteiger partial charge in [-0.3, -0.25) is 0 Å². The molecule has 2 rings (SSSR count). The Morgan fingerprint density at radius 1 is 1.45 bits per heavy atom. The van der Waals surface area contributed by atoms with Crippen LogP contribution in [0.4, 0.5) is 0 Å². The smallest absolute Gasteiger partial charge is 0.241 e. The summed E-state index contributed by atoms with van der Waals surface area (Å²) in [7, 11) is -2.05. The van der Waals surface area contributed by atoms with Gasteiger partial charge in [0.1, 0.15) is 5.75 Å². The Kier molecular flexibility index (Phi) is 4.73. The lowest BCUT2D eigenvalue weighted by Gasteiger charge is -2.33. The lowest BCUT2D eigenvalue weighted by Crippen LogP contribution is -2.51. The lowest BCUT2D eigenvalue weighted by molar-refractivity contribution is 0.0386. The zero-order chi connectivity index (χ0) is 14.8. The highest BCUT2D eigenvalue weighted by Gasteiger charge is 2.33. The van der Waals surface area contributed by atoms with E-state index in [4.69, 9.17) is 9.47 Å². The average Bonchev–Trinajstić information content (AvgIpc) is 2.38. The number of rotatable bonds is 4. The number of hydrogen-bond acceptors (Lipinski definition) is 4. The highest BCUT2D eigenvalue weighted by Crippen LogP contribution is 2.28. The van der Waals surface area contributed by atoms with Gasteiger partial charge in [-0.2, -0.15) is 0 Å². The fourth-order valence-electron chi connectivity index (χ4n) is 2.21.